The number of piperazine rings is 1. The highest BCUT2D eigenvalue weighted by molar-refractivity contribution is 6.32. The summed E-state index contributed by atoms with van der Waals surface area (Å²) in [5.41, 5.74) is 4.74. The Morgan fingerprint density at radius 2 is 1.52 bits per heavy atom. The number of aromatic nitrogens is 1. The molecule has 1 fully saturated rings. The molecule has 10 heteroatoms. The summed E-state index contributed by atoms with van der Waals surface area (Å²) in [6, 6.07) is 29.0. The van der Waals surface area contributed by atoms with Crippen LogP contribution in [0.15, 0.2) is 109 Å². The summed E-state index contributed by atoms with van der Waals surface area (Å²) in [4.78, 5) is 21.6. The van der Waals surface area contributed by atoms with E-state index in [1.165, 1.54) is 17.7 Å². The number of benzene rings is 4. The number of ether oxygens (including phenoxy) is 3. The Bertz CT molecular complexity index is 1910. The SMILES string of the molecule is Cc1cc(/C=C/C(=O)N2CCN(Cc3ccc(COc4ccc(F)cc4)cc3)CC2)cc(Cl)c1Oc1ccc(OCc2ccccc2Cl)cn1. The van der Waals surface area contributed by atoms with Gasteiger partial charge in [-0.1, -0.05) is 65.7 Å². The van der Waals surface area contributed by atoms with Gasteiger partial charge in [-0.3, -0.25) is 9.69 Å². The number of carbonyl (C=O) groups is 1. The van der Waals surface area contributed by atoms with Gasteiger partial charge in [-0.25, -0.2) is 9.37 Å². The molecule has 1 aromatic heterocycles. The fourth-order valence-electron chi connectivity index (χ4n) is 5.47. The monoisotopic (exact) mass is 711 g/mol. The third-order valence-electron chi connectivity index (χ3n) is 8.27. The van der Waals surface area contributed by atoms with E-state index in [0.29, 0.717) is 59.5 Å². The van der Waals surface area contributed by atoms with Crippen LogP contribution in [0.2, 0.25) is 10.0 Å². The molecule has 4 aromatic carbocycles. The molecule has 2 heterocycles. The van der Waals surface area contributed by atoms with Crippen molar-refractivity contribution in [2.75, 3.05) is 26.2 Å². The first-order valence-corrected chi connectivity index (χ1v) is 17.0. The molecule has 0 spiro atoms. The van der Waals surface area contributed by atoms with Crippen LogP contribution in [0.5, 0.6) is 23.1 Å². The lowest BCUT2D eigenvalue weighted by Crippen LogP contribution is -2.47. The highest BCUT2D eigenvalue weighted by Gasteiger charge is 2.20. The van der Waals surface area contributed by atoms with Gasteiger partial charge in [0, 0.05) is 55.5 Å². The second-order valence-corrected chi connectivity index (χ2v) is 12.8. The average molecular weight is 713 g/mol. The third kappa shape index (κ3) is 9.63. The number of pyridine rings is 1. The average Bonchev–Trinajstić information content (AvgIpc) is 3.13. The first-order chi connectivity index (χ1) is 24.3. The van der Waals surface area contributed by atoms with Gasteiger partial charge in [-0.2, -0.15) is 0 Å². The molecule has 0 radical (unpaired) electrons. The van der Waals surface area contributed by atoms with Gasteiger partial charge in [0.2, 0.25) is 11.8 Å². The lowest BCUT2D eigenvalue weighted by molar-refractivity contribution is -0.127. The molecule has 0 saturated carbocycles. The molecule has 7 nitrogen and oxygen atoms in total. The molecule has 1 amide bonds. The van der Waals surface area contributed by atoms with Crippen molar-refractivity contribution in [3.8, 4) is 23.1 Å². The summed E-state index contributed by atoms with van der Waals surface area (Å²) in [6.45, 7) is 6.32. The van der Waals surface area contributed by atoms with Gasteiger partial charge >= 0.3 is 0 Å². The molecule has 0 bridgehead atoms. The normalized spacial score (nSPS) is 13.4. The van der Waals surface area contributed by atoms with Crippen LogP contribution in [0, 0.1) is 12.7 Å². The van der Waals surface area contributed by atoms with E-state index in [4.69, 9.17) is 37.4 Å². The maximum absolute atomic E-state index is 13.1. The predicted molar refractivity (Wildman–Crippen MR) is 194 cm³/mol. The number of aryl methyl sites for hydroxylation is 1. The minimum Gasteiger partial charge on any atom is -0.489 e. The number of nitrogens with zero attached hydrogens (tertiary/aromatic N) is 3. The molecule has 1 aliphatic heterocycles. The summed E-state index contributed by atoms with van der Waals surface area (Å²) in [5, 5.41) is 1.07. The summed E-state index contributed by atoms with van der Waals surface area (Å²) >= 11 is 12.8. The van der Waals surface area contributed by atoms with Gasteiger partial charge in [0.25, 0.3) is 0 Å². The fourth-order valence-corrected chi connectivity index (χ4v) is 5.98. The first kappa shape index (κ1) is 35.0. The van der Waals surface area contributed by atoms with Crippen molar-refractivity contribution in [3.63, 3.8) is 0 Å². The molecule has 256 valence electrons. The zero-order chi connectivity index (χ0) is 34.9. The zero-order valence-corrected chi connectivity index (χ0v) is 29.0. The van der Waals surface area contributed by atoms with Crippen LogP contribution in [0.4, 0.5) is 4.39 Å². The molecular weight excluding hydrogens is 676 g/mol. The maximum atomic E-state index is 13.1. The lowest BCUT2D eigenvalue weighted by Gasteiger charge is -2.34. The van der Waals surface area contributed by atoms with Gasteiger partial charge in [0.05, 0.1) is 11.2 Å². The molecule has 0 unspecified atom stereocenters. The number of hydrogen-bond acceptors (Lipinski definition) is 6. The van der Waals surface area contributed by atoms with Crippen LogP contribution in [-0.2, 0) is 24.6 Å². The van der Waals surface area contributed by atoms with E-state index >= 15 is 0 Å². The van der Waals surface area contributed by atoms with Crippen LogP contribution >= 0.6 is 23.2 Å². The Morgan fingerprint density at radius 1 is 0.820 bits per heavy atom. The summed E-state index contributed by atoms with van der Waals surface area (Å²) < 4.78 is 30.6. The minimum atomic E-state index is -0.284. The van der Waals surface area contributed by atoms with Crippen molar-refractivity contribution in [2.24, 2.45) is 0 Å². The summed E-state index contributed by atoms with van der Waals surface area (Å²) in [5.74, 6) is 1.77. The van der Waals surface area contributed by atoms with E-state index in [1.807, 2.05) is 54.3 Å². The third-order valence-corrected chi connectivity index (χ3v) is 8.92. The fraction of sp³-hybridized carbons (Fsp3) is 0.200. The molecule has 5 aromatic rings. The molecular formula is C40H36Cl2FN3O4. The van der Waals surface area contributed by atoms with Gasteiger partial charge in [0.15, 0.2) is 5.75 Å². The van der Waals surface area contributed by atoms with Crippen molar-refractivity contribution in [1.29, 1.82) is 0 Å². The van der Waals surface area contributed by atoms with Crippen LogP contribution in [0.3, 0.4) is 0 Å². The molecule has 6 rings (SSSR count). The van der Waals surface area contributed by atoms with Crippen LogP contribution in [0.1, 0.15) is 27.8 Å². The highest BCUT2D eigenvalue weighted by atomic mass is 35.5. The lowest BCUT2D eigenvalue weighted by atomic mass is 10.1. The number of halogens is 3. The Kier molecular flexibility index (Phi) is 11.7. The Hall–Kier alpha value is -4.89. The number of carbonyl (C=O) groups excluding carboxylic acids is 1. The molecule has 50 heavy (non-hydrogen) atoms. The molecule has 1 aliphatic rings. The smallest absolute Gasteiger partial charge is 0.246 e. The molecule has 0 N–H and O–H groups in total. The second-order valence-electron chi connectivity index (χ2n) is 12.0. The van der Waals surface area contributed by atoms with Crippen molar-refractivity contribution >= 4 is 35.2 Å². The quantitative estimate of drug-likeness (QED) is 0.120. The first-order valence-electron chi connectivity index (χ1n) is 16.2. The van der Waals surface area contributed by atoms with Crippen molar-refractivity contribution in [2.45, 2.75) is 26.7 Å². The highest BCUT2D eigenvalue weighted by Crippen LogP contribution is 2.34. The van der Waals surface area contributed by atoms with E-state index in [2.05, 4.69) is 22.0 Å². The van der Waals surface area contributed by atoms with Crippen LogP contribution < -0.4 is 14.2 Å². The molecule has 1 saturated heterocycles. The Labute approximate surface area is 301 Å². The van der Waals surface area contributed by atoms with Crippen molar-refractivity contribution in [3.05, 3.63) is 153 Å². The van der Waals surface area contributed by atoms with Crippen molar-refractivity contribution < 1.29 is 23.4 Å². The van der Waals surface area contributed by atoms with Gasteiger partial charge < -0.3 is 19.1 Å². The van der Waals surface area contributed by atoms with E-state index in [-0.39, 0.29) is 11.7 Å². The maximum Gasteiger partial charge on any atom is 0.246 e. The largest absolute Gasteiger partial charge is 0.489 e. The predicted octanol–water partition coefficient (Wildman–Crippen LogP) is 9.14. The minimum absolute atomic E-state index is 0.0368. The van der Waals surface area contributed by atoms with Gasteiger partial charge in [0.1, 0.15) is 30.5 Å². The van der Waals surface area contributed by atoms with E-state index in [9.17, 15) is 9.18 Å². The number of amides is 1. The van der Waals surface area contributed by atoms with E-state index in [1.54, 1.807) is 48.7 Å². The number of hydrogen-bond donors (Lipinski definition) is 0. The Balaban J connectivity index is 0.949. The molecule has 0 aliphatic carbocycles. The van der Waals surface area contributed by atoms with Crippen LogP contribution in [0.25, 0.3) is 6.08 Å². The van der Waals surface area contributed by atoms with Gasteiger partial charge in [-0.15, -0.1) is 0 Å². The second kappa shape index (κ2) is 16.7. The topological polar surface area (TPSA) is 64.1 Å². The van der Waals surface area contributed by atoms with E-state index < -0.39 is 0 Å². The van der Waals surface area contributed by atoms with Gasteiger partial charge in [-0.05, 0) is 83.8 Å². The van der Waals surface area contributed by atoms with Crippen molar-refractivity contribution in [1.82, 2.24) is 14.8 Å². The standard InChI is InChI=1S/C40H36Cl2FN3O4/c1-28-22-31(23-37(42)40(28)50-38-16-15-35(24-44-38)49-27-32-4-2-3-5-36(32)41)10-17-39(47)46-20-18-45(19-21-46)25-29-6-8-30(9-7-29)26-48-34-13-11-33(43)12-14-34/h2-17,22-24H,18-21,25-27H2,1H3/b17-10+. The zero-order valence-electron chi connectivity index (χ0n) is 27.5. The molecule has 0 atom stereocenters. The summed E-state index contributed by atoms with van der Waals surface area (Å²) in [6.07, 6.45) is 4.96. The van der Waals surface area contributed by atoms with Crippen LogP contribution in [-0.4, -0.2) is 46.9 Å². The Morgan fingerprint density at radius 3 is 2.22 bits per heavy atom. The van der Waals surface area contributed by atoms with E-state index in [0.717, 1.165) is 41.9 Å². The number of rotatable bonds is 12. The summed E-state index contributed by atoms with van der Waals surface area (Å²) in [7, 11) is 0.